The first kappa shape index (κ1) is 27.7. The molecule has 2 amide bonds. The van der Waals surface area contributed by atoms with E-state index in [0.29, 0.717) is 39.2 Å². The summed E-state index contributed by atoms with van der Waals surface area (Å²) in [5.74, 6) is -0.879. The Labute approximate surface area is 268 Å². The molecule has 0 unspecified atom stereocenters. The molecular formula is C38H28FN5O3. The number of carbonyl (C=O) groups is 2. The molecule has 2 aliphatic carbocycles. The van der Waals surface area contributed by atoms with Gasteiger partial charge in [-0.2, -0.15) is 5.10 Å². The number of pyridine rings is 2. The second-order valence-corrected chi connectivity index (χ2v) is 12.9. The SMILES string of the molecule is O=C1c2ccccc2C(=O)N1C1(c2ccc(-c3nc4ccnc(-c5cn[nH]c5)c4cc3-c3ccccc3F)cc2)CC(O)(C2CC2)C1. The van der Waals surface area contributed by atoms with Crippen molar-refractivity contribution in [1.82, 2.24) is 25.1 Å². The van der Waals surface area contributed by atoms with E-state index in [1.807, 2.05) is 36.4 Å². The van der Waals surface area contributed by atoms with Gasteiger partial charge in [-0.15, -0.1) is 0 Å². The van der Waals surface area contributed by atoms with Gasteiger partial charge in [-0.25, -0.2) is 9.37 Å². The molecule has 0 atom stereocenters. The lowest BCUT2D eigenvalue weighted by Gasteiger charge is -2.57. The number of imide groups is 1. The Balaban J connectivity index is 1.18. The van der Waals surface area contributed by atoms with Crippen molar-refractivity contribution in [3.8, 4) is 33.6 Å². The first-order chi connectivity index (χ1) is 22.9. The number of hydrogen-bond acceptors (Lipinski definition) is 6. The summed E-state index contributed by atoms with van der Waals surface area (Å²) in [4.78, 5) is 38.5. The third-order valence-corrected chi connectivity index (χ3v) is 10.1. The molecule has 2 saturated carbocycles. The van der Waals surface area contributed by atoms with Gasteiger partial charge in [0.25, 0.3) is 11.8 Å². The van der Waals surface area contributed by atoms with Crippen LogP contribution >= 0.6 is 0 Å². The van der Waals surface area contributed by atoms with Crippen molar-refractivity contribution in [2.45, 2.75) is 36.8 Å². The number of fused-ring (bicyclic) bond motifs is 2. The molecule has 3 aliphatic rings. The van der Waals surface area contributed by atoms with Gasteiger partial charge in [0.05, 0.1) is 45.4 Å². The molecule has 4 heterocycles. The van der Waals surface area contributed by atoms with E-state index in [-0.39, 0.29) is 36.4 Å². The fourth-order valence-electron chi connectivity index (χ4n) is 7.69. The number of aromatic nitrogens is 4. The Morgan fingerprint density at radius 2 is 1.49 bits per heavy atom. The first-order valence-corrected chi connectivity index (χ1v) is 15.7. The molecule has 230 valence electrons. The van der Waals surface area contributed by atoms with E-state index in [4.69, 9.17) is 4.98 Å². The number of carbonyl (C=O) groups excluding carboxylic acids is 2. The van der Waals surface area contributed by atoms with Crippen molar-refractivity contribution < 1.29 is 19.1 Å². The Hall–Kier alpha value is -5.54. The van der Waals surface area contributed by atoms with E-state index in [9.17, 15) is 14.7 Å². The van der Waals surface area contributed by atoms with Crippen LogP contribution in [0.1, 0.15) is 52.0 Å². The lowest BCUT2D eigenvalue weighted by molar-refractivity contribution is -0.143. The monoisotopic (exact) mass is 621 g/mol. The van der Waals surface area contributed by atoms with Crippen LogP contribution in [0.5, 0.6) is 0 Å². The molecule has 0 spiro atoms. The maximum atomic E-state index is 15.4. The van der Waals surface area contributed by atoms with Gasteiger partial charge in [-0.3, -0.25) is 24.6 Å². The molecule has 3 aromatic carbocycles. The van der Waals surface area contributed by atoms with E-state index in [2.05, 4.69) is 15.2 Å². The molecular weight excluding hydrogens is 593 g/mol. The standard InChI is InChI=1S/C38H28FN5O3/c39-31-8-4-3-5-26(31)29-17-30-32(15-16-40-33(30)23-18-41-42-19-23)43-34(29)22-9-11-24(12-10-22)37(20-38(47,21-37)25-13-14-25)44-35(45)27-6-1-2-7-28(27)36(44)46/h1-12,15-19,25,47H,13-14,20-21H2,(H,41,42). The minimum atomic E-state index is -0.987. The zero-order valence-electron chi connectivity index (χ0n) is 25.2. The smallest absolute Gasteiger partial charge is 0.262 e. The maximum absolute atomic E-state index is 15.4. The average Bonchev–Trinajstić information content (AvgIpc) is 3.75. The van der Waals surface area contributed by atoms with E-state index < -0.39 is 11.1 Å². The lowest BCUT2D eigenvalue weighted by Crippen LogP contribution is -2.65. The van der Waals surface area contributed by atoms with Gasteiger partial charge >= 0.3 is 0 Å². The molecule has 0 saturated heterocycles. The fourth-order valence-corrected chi connectivity index (χ4v) is 7.69. The van der Waals surface area contributed by atoms with Crippen LogP contribution in [0.15, 0.2) is 104 Å². The summed E-state index contributed by atoms with van der Waals surface area (Å²) < 4.78 is 15.4. The molecule has 9 rings (SSSR count). The second-order valence-electron chi connectivity index (χ2n) is 12.9. The minimum Gasteiger partial charge on any atom is -0.389 e. The Morgan fingerprint density at radius 1 is 0.809 bits per heavy atom. The zero-order valence-corrected chi connectivity index (χ0v) is 25.2. The highest BCUT2D eigenvalue weighted by Crippen LogP contribution is 2.61. The number of H-pyrrole nitrogens is 1. The van der Waals surface area contributed by atoms with Gasteiger partial charge in [0.2, 0.25) is 0 Å². The van der Waals surface area contributed by atoms with Crippen molar-refractivity contribution in [1.29, 1.82) is 0 Å². The van der Waals surface area contributed by atoms with Crippen LogP contribution < -0.4 is 0 Å². The van der Waals surface area contributed by atoms with Crippen molar-refractivity contribution in [3.63, 3.8) is 0 Å². The number of nitrogens with one attached hydrogen (secondary N) is 1. The van der Waals surface area contributed by atoms with E-state index >= 15 is 4.39 Å². The minimum absolute atomic E-state index is 0.177. The summed E-state index contributed by atoms with van der Waals surface area (Å²) in [6, 6.07) is 24.8. The highest BCUT2D eigenvalue weighted by Gasteiger charge is 2.66. The molecule has 8 nitrogen and oxygen atoms in total. The second kappa shape index (κ2) is 9.98. The molecule has 0 bridgehead atoms. The largest absolute Gasteiger partial charge is 0.389 e. The molecule has 3 aromatic heterocycles. The van der Waals surface area contributed by atoms with Crippen molar-refractivity contribution in [3.05, 3.63) is 126 Å². The van der Waals surface area contributed by atoms with Gasteiger partial charge in [-0.05, 0) is 54.7 Å². The number of hydrogen-bond donors (Lipinski definition) is 2. The predicted molar refractivity (Wildman–Crippen MR) is 173 cm³/mol. The predicted octanol–water partition coefficient (Wildman–Crippen LogP) is 6.92. The van der Waals surface area contributed by atoms with Gasteiger partial charge in [-0.1, -0.05) is 54.6 Å². The maximum Gasteiger partial charge on any atom is 0.262 e. The number of nitrogens with zero attached hydrogens (tertiary/aromatic N) is 4. The summed E-state index contributed by atoms with van der Waals surface area (Å²) >= 11 is 0. The summed E-state index contributed by atoms with van der Waals surface area (Å²) in [6.07, 6.45) is 7.59. The highest BCUT2D eigenvalue weighted by atomic mass is 19.1. The average molecular weight is 622 g/mol. The molecule has 47 heavy (non-hydrogen) atoms. The molecule has 2 N–H and O–H groups in total. The van der Waals surface area contributed by atoms with Crippen LogP contribution in [0.2, 0.25) is 0 Å². The Kier molecular flexibility index (Phi) is 5.89. The zero-order chi connectivity index (χ0) is 31.9. The van der Waals surface area contributed by atoms with Gasteiger partial charge in [0, 0.05) is 52.9 Å². The first-order valence-electron chi connectivity index (χ1n) is 15.7. The van der Waals surface area contributed by atoms with Gasteiger partial charge in [0.1, 0.15) is 5.82 Å². The van der Waals surface area contributed by atoms with Crippen LogP contribution in [-0.2, 0) is 5.54 Å². The topological polar surface area (TPSA) is 112 Å². The fraction of sp³-hybridized carbons (Fsp3) is 0.184. The van der Waals surface area contributed by atoms with Crippen LogP contribution in [0.3, 0.4) is 0 Å². The van der Waals surface area contributed by atoms with E-state index in [1.54, 1.807) is 61.1 Å². The number of halogens is 1. The highest BCUT2D eigenvalue weighted by molar-refractivity contribution is 6.22. The number of aliphatic hydroxyl groups is 1. The number of amides is 2. The van der Waals surface area contributed by atoms with Crippen molar-refractivity contribution >= 4 is 22.7 Å². The van der Waals surface area contributed by atoms with E-state index in [0.717, 1.165) is 34.9 Å². The third kappa shape index (κ3) is 4.12. The van der Waals surface area contributed by atoms with Gasteiger partial charge in [0.15, 0.2) is 0 Å². The number of aromatic amines is 1. The Bertz CT molecular complexity index is 2200. The Morgan fingerprint density at radius 3 is 2.13 bits per heavy atom. The third-order valence-electron chi connectivity index (χ3n) is 10.1. The summed E-state index contributed by atoms with van der Waals surface area (Å²) in [5.41, 5.74) is 4.10. The molecule has 9 heteroatoms. The molecule has 6 aromatic rings. The summed E-state index contributed by atoms with van der Waals surface area (Å²) in [7, 11) is 0. The van der Waals surface area contributed by atoms with Crippen LogP contribution in [0.4, 0.5) is 4.39 Å². The number of benzene rings is 3. The van der Waals surface area contributed by atoms with Gasteiger partial charge < -0.3 is 5.11 Å². The van der Waals surface area contributed by atoms with Crippen LogP contribution in [-0.4, -0.2) is 47.6 Å². The quantitative estimate of drug-likeness (QED) is 0.195. The summed E-state index contributed by atoms with van der Waals surface area (Å²) in [6.45, 7) is 0. The van der Waals surface area contributed by atoms with E-state index in [1.165, 1.54) is 11.0 Å². The molecule has 0 radical (unpaired) electrons. The van der Waals surface area contributed by atoms with Crippen molar-refractivity contribution in [2.24, 2.45) is 5.92 Å². The van der Waals surface area contributed by atoms with Crippen LogP contribution in [0, 0.1) is 11.7 Å². The number of rotatable bonds is 6. The lowest BCUT2D eigenvalue weighted by atomic mass is 9.58. The van der Waals surface area contributed by atoms with Crippen molar-refractivity contribution in [2.75, 3.05) is 0 Å². The normalized spacial score (nSPS) is 22.0. The molecule has 1 aliphatic heterocycles. The molecule has 2 fully saturated rings. The van der Waals surface area contributed by atoms with Crippen LogP contribution in [0.25, 0.3) is 44.5 Å². The summed E-state index contributed by atoms with van der Waals surface area (Å²) in [5, 5.41) is 19.2.